The number of carboxylic acids is 1. The van der Waals surface area contributed by atoms with Crippen LogP contribution in [-0.2, 0) is 6.54 Å². The van der Waals surface area contributed by atoms with E-state index < -0.39 is 5.97 Å². The van der Waals surface area contributed by atoms with Crippen LogP contribution in [-0.4, -0.2) is 32.2 Å². The number of urea groups is 1. The molecule has 0 aliphatic carbocycles. The summed E-state index contributed by atoms with van der Waals surface area (Å²) >= 11 is 0. The van der Waals surface area contributed by atoms with E-state index in [1.807, 2.05) is 45.0 Å². The number of carbonyl (C=O) groups is 2. The summed E-state index contributed by atoms with van der Waals surface area (Å²) in [6.45, 7) is 5.84. The molecule has 2 amide bonds. The highest BCUT2D eigenvalue weighted by atomic mass is 16.4. The molecule has 1 aliphatic heterocycles. The zero-order valence-electron chi connectivity index (χ0n) is 13.2. The van der Waals surface area contributed by atoms with Crippen molar-refractivity contribution in [3.63, 3.8) is 0 Å². The van der Waals surface area contributed by atoms with E-state index in [0.717, 1.165) is 11.4 Å². The lowest BCUT2D eigenvalue weighted by molar-refractivity contribution is 0.0689. The van der Waals surface area contributed by atoms with Crippen LogP contribution in [0, 0.1) is 0 Å². The monoisotopic (exact) mass is 314 g/mol. The number of para-hydroxylation sites is 2. The van der Waals surface area contributed by atoms with E-state index in [-0.39, 0.29) is 23.8 Å². The minimum Gasteiger partial charge on any atom is -0.476 e. The molecule has 23 heavy (non-hydrogen) atoms. The van der Waals surface area contributed by atoms with Crippen molar-refractivity contribution in [2.45, 2.75) is 32.9 Å². The first-order valence-electron chi connectivity index (χ1n) is 7.26. The number of amides is 2. The van der Waals surface area contributed by atoms with Gasteiger partial charge in [-0.3, -0.25) is 9.47 Å². The molecule has 2 heterocycles. The number of anilines is 1. The van der Waals surface area contributed by atoms with E-state index in [0.29, 0.717) is 5.69 Å². The number of carbonyl (C=O) groups excluding carboxylic acids is 1. The molecule has 0 atom stereocenters. The topological polar surface area (TPSA) is 87.5 Å². The number of hydrogen-bond donors (Lipinski definition) is 2. The fraction of sp³-hybridized carbons (Fsp3) is 0.312. The smallest absolute Gasteiger partial charge is 0.356 e. The highest BCUT2D eigenvalue weighted by Gasteiger charge is 2.31. The van der Waals surface area contributed by atoms with Crippen LogP contribution >= 0.6 is 0 Å². The summed E-state index contributed by atoms with van der Waals surface area (Å²) in [6.07, 6.45) is 1.48. The Morgan fingerprint density at radius 3 is 2.48 bits per heavy atom. The molecule has 120 valence electrons. The number of nitrogens with zero attached hydrogens (tertiary/aromatic N) is 3. The van der Waals surface area contributed by atoms with Crippen molar-refractivity contribution in [2.75, 3.05) is 4.90 Å². The summed E-state index contributed by atoms with van der Waals surface area (Å²) in [6, 6.07) is 7.09. The third kappa shape index (κ3) is 2.65. The van der Waals surface area contributed by atoms with Crippen molar-refractivity contribution in [3.05, 3.63) is 42.0 Å². The van der Waals surface area contributed by atoms with Gasteiger partial charge in [0, 0.05) is 5.54 Å². The van der Waals surface area contributed by atoms with Gasteiger partial charge in [0.2, 0.25) is 0 Å². The van der Waals surface area contributed by atoms with Crippen LogP contribution in [0.2, 0.25) is 0 Å². The van der Waals surface area contributed by atoms with Crippen molar-refractivity contribution in [2.24, 2.45) is 0 Å². The second-order valence-electron chi connectivity index (χ2n) is 6.47. The SMILES string of the molecule is CC(C)(C)NC(=O)N1Cc2c(C(=O)O)ncn2-c2ccccc21. The highest BCUT2D eigenvalue weighted by Crippen LogP contribution is 2.33. The maximum absolute atomic E-state index is 12.6. The van der Waals surface area contributed by atoms with Crippen LogP contribution in [0.25, 0.3) is 5.69 Å². The normalized spacial score (nSPS) is 13.3. The molecule has 0 spiro atoms. The van der Waals surface area contributed by atoms with Gasteiger partial charge in [-0.05, 0) is 32.9 Å². The van der Waals surface area contributed by atoms with Crippen LogP contribution in [0.1, 0.15) is 37.0 Å². The molecular weight excluding hydrogens is 296 g/mol. The maximum atomic E-state index is 12.6. The predicted octanol–water partition coefficient (Wildman–Crippen LogP) is 2.40. The van der Waals surface area contributed by atoms with E-state index in [2.05, 4.69) is 10.3 Å². The molecule has 2 N–H and O–H groups in total. The minimum absolute atomic E-state index is 0.0342. The Bertz CT molecular complexity index is 789. The Morgan fingerprint density at radius 2 is 1.87 bits per heavy atom. The zero-order valence-corrected chi connectivity index (χ0v) is 13.2. The molecule has 1 aromatic carbocycles. The van der Waals surface area contributed by atoms with Crippen LogP contribution < -0.4 is 10.2 Å². The molecule has 0 fully saturated rings. The van der Waals surface area contributed by atoms with E-state index in [1.54, 1.807) is 9.47 Å². The minimum atomic E-state index is -1.10. The summed E-state index contributed by atoms with van der Waals surface area (Å²) in [5.74, 6) is -1.10. The first-order valence-corrected chi connectivity index (χ1v) is 7.26. The van der Waals surface area contributed by atoms with Gasteiger partial charge in [0.05, 0.1) is 23.6 Å². The second kappa shape index (κ2) is 5.12. The average Bonchev–Trinajstić information content (AvgIpc) is 2.88. The number of hydrogen-bond acceptors (Lipinski definition) is 3. The van der Waals surface area contributed by atoms with Crippen molar-refractivity contribution < 1.29 is 14.7 Å². The lowest BCUT2D eigenvalue weighted by atomic mass is 10.1. The van der Waals surface area contributed by atoms with Gasteiger partial charge in [-0.2, -0.15) is 0 Å². The maximum Gasteiger partial charge on any atom is 0.356 e. The van der Waals surface area contributed by atoms with E-state index in [1.165, 1.54) is 6.33 Å². The molecular formula is C16H18N4O3. The third-order valence-corrected chi connectivity index (χ3v) is 3.54. The van der Waals surface area contributed by atoms with Crippen molar-refractivity contribution >= 4 is 17.7 Å². The quantitative estimate of drug-likeness (QED) is 0.846. The average molecular weight is 314 g/mol. The van der Waals surface area contributed by atoms with Crippen LogP contribution in [0.4, 0.5) is 10.5 Å². The number of aromatic carboxylic acids is 1. The molecule has 1 aliphatic rings. The summed E-state index contributed by atoms with van der Waals surface area (Å²) in [5, 5.41) is 12.2. The Labute approximate surface area is 133 Å². The predicted molar refractivity (Wildman–Crippen MR) is 85.0 cm³/mol. The van der Waals surface area contributed by atoms with E-state index >= 15 is 0 Å². The van der Waals surface area contributed by atoms with Gasteiger partial charge >= 0.3 is 12.0 Å². The fourth-order valence-electron chi connectivity index (χ4n) is 2.61. The summed E-state index contributed by atoms with van der Waals surface area (Å²) in [7, 11) is 0. The molecule has 3 rings (SSSR count). The van der Waals surface area contributed by atoms with Crippen LogP contribution in [0.15, 0.2) is 30.6 Å². The molecule has 0 bridgehead atoms. The standard InChI is InChI=1S/C16H18N4O3/c1-16(2,3)18-15(23)19-8-12-13(14(21)22)17-9-20(12)11-7-5-4-6-10(11)19/h4-7,9H,8H2,1-3H3,(H,18,23)(H,21,22). The van der Waals surface area contributed by atoms with Crippen molar-refractivity contribution in [3.8, 4) is 5.69 Å². The van der Waals surface area contributed by atoms with Gasteiger partial charge in [-0.15, -0.1) is 0 Å². The lowest BCUT2D eigenvalue weighted by Crippen LogP contribution is -2.49. The molecule has 1 aromatic heterocycles. The van der Waals surface area contributed by atoms with Gasteiger partial charge in [0.25, 0.3) is 0 Å². The molecule has 7 heteroatoms. The first kappa shape index (κ1) is 15.1. The van der Waals surface area contributed by atoms with Crippen molar-refractivity contribution in [1.82, 2.24) is 14.9 Å². The number of imidazole rings is 1. The second-order valence-corrected chi connectivity index (χ2v) is 6.47. The lowest BCUT2D eigenvalue weighted by Gasteiger charge is -2.33. The first-order chi connectivity index (χ1) is 10.8. The third-order valence-electron chi connectivity index (χ3n) is 3.54. The summed E-state index contributed by atoms with van der Waals surface area (Å²) in [5.41, 5.74) is 1.52. The summed E-state index contributed by atoms with van der Waals surface area (Å²) in [4.78, 5) is 29.5. The fourth-order valence-corrected chi connectivity index (χ4v) is 2.61. The van der Waals surface area contributed by atoms with Gasteiger partial charge in [0.1, 0.15) is 6.33 Å². The Hall–Kier alpha value is -2.83. The van der Waals surface area contributed by atoms with Crippen LogP contribution in [0.3, 0.4) is 0 Å². The number of rotatable bonds is 1. The van der Waals surface area contributed by atoms with Gasteiger partial charge in [-0.25, -0.2) is 14.6 Å². The largest absolute Gasteiger partial charge is 0.476 e. The molecule has 0 radical (unpaired) electrons. The Morgan fingerprint density at radius 1 is 1.22 bits per heavy atom. The van der Waals surface area contributed by atoms with E-state index in [4.69, 9.17) is 0 Å². The molecule has 0 unspecified atom stereocenters. The molecule has 7 nitrogen and oxygen atoms in total. The zero-order chi connectivity index (χ0) is 16.8. The Balaban J connectivity index is 2.09. The number of nitrogens with one attached hydrogen (secondary N) is 1. The molecule has 0 saturated carbocycles. The number of carboxylic acid groups (broad SMARTS) is 1. The number of aromatic nitrogens is 2. The van der Waals surface area contributed by atoms with Gasteiger partial charge < -0.3 is 10.4 Å². The highest BCUT2D eigenvalue weighted by molar-refractivity contribution is 5.96. The van der Waals surface area contributed by atoms with Gasteiger partial charge in [-0.1, -0.05) is 12.1 Å². The summed E-state index contributed by atoms with van der Waals surface area (Å²) < 4.78 is 1.72. The molecule has 0 saturated heterocycles. The van der Waals surface area contributed by atoms with E-state index in [9.17, 15) is 14.7 Å². The van der Waals surface area contributed by atoms with Gasteiger partial charge in [0.15, 0.2) is 5.69 Å². The molecule has 2 aromatic rings. The van der Waals surface area contributed by atoms with Crippen molar-refractivity contribution in [1.29, 1.82) is 0 Å². The van der Waals surface area contributed by atoms with Crippen LogP contribution in [0.5, 0.6) is 0 Å². The number of fused-ring (bicyclic) bond motifs is 3. The number of benzene rings is 1. The Kier molecular flexibility index (Phi) is 3.35.